The monoisotopic (exact) mass is 426 g/mol. The Kier molecular flexibility index (Phi) is 5.84. The Bertz CT molecular complexity index is 1220. The van der Waals surface area contributed by atoms with Crippen LogP contribution in [-0.4, -0.2) is 25.5 Å². The standard InChI is InChI=1S/C21H18N2O6S/c1-14-4-3-5-15(12-14)21(24)22-16-6-8-17(9-7-16)29-20-11-10-18(30(2,27)28)13-19(20)23(25)26/h3-13H,1-2H3,(H,22,24). The molecule has 0 atom stereocenters. The number of hydrogen-bond donors (Lipinski definition) is 1. The number of anilines is 1. The van der Waals surface area contributed by atoms with E-state index in [9.17, 15) is 23.3 Å². The summed E-state index contributed by atoms with van der Waals surface area (Å²) < 4.78 is 28.8. The summed E-state index contributed by atoms with van der Waals surface area (Å²) in [6, 6.07) is 16.9. The molecule has 0 bridgehead atoms. The second-order valence-corrected chi connectivity index (χ2v) is 8.62. The maximum absolute atomic E-state index is 12.3. The first-order valence-electron chi connectivity index (χ1n) is 8.78. The summed E-state index contributed by atoms with van der Waals surface area (Å²) >= 11 is 0. The topological polar surface area (TPSA) is 116 Å². The molecule has 0 aliphatic heterocycles. The minimum atomic E-state index is -3.59. The second kappa shape index (κ2) is 8.34. The van der Waals surface area contributed by atoms with Gasteiger partial charge in [-0.2, -0.15) is 0 Å². The van der Waals surface area contributed by atoms with Gasteiger partial charge in [-0.25, -0.2) is 8.42 Å². The zero-order chi connectivity index (χ0) is 21.9. The van der Waals surface area contributed by atoms with Gasteiger partial charge in [-0.05, 0) is 55.5 Å². The Morgan fingerprint density at radius 2 is 1.73 bits per heavy atom. The summed E-state index contributed by atoms with van der Waals surface area (Å²) in [4.78, 5) is 22.7. The number of rotatable bonds is 6. The number of benzene rings is 3. The van der Waals surface area contributed by atoms with E-state index in [2.05, 4.69) is 5.32 Å². The van der Waals surface area contributed by atoms with Crippen molar-refractivity contribution in [2.45, 2.75) is 11.8 Å². The smallest absolute Gasteiger partial charge is 0.312 e. The fraction of sp³-hybridized carbons (Fsp3) is 0.0952. The van der Waals surface area contributed by atoms with Crippen LogP contribution in [0.15, 0.2) is 71.6 Å². The van der Waals surface area contributed by atoms with E-state index in [-0.39, 0.29) is 16.6 Å². The van der Waals surface area contributed by atoms with E-state index in [0.29, 0.717) is 17.0 Å². The van der Waals surface area contributed by atoms with Gasteiger partial charge >= 0.3 is 5.69 Å². The van der Waals surface area contributed by atoms with Gasteiger partial charge in [0.05, 0.1) is 9.82 Å². The first-order chi connectivity index (χ1) is 14.1. The molecule has 0 aliphatic rings. The van der Waals surface area contributed by atoms with Gasteiger partial charge in [0.15, 0.2) is 9.84 Å². The van der Waals surface area contributed by atoms with Crippen LogP contribution in [0.5, 0.6) is 11.5 Å². The zero-order valence-corrected chi connectivity index (χ0v) is 17.0. The predicted octanol–water partition coefficient (Wildman–Crippen LogP) is 4.35. The van der Waals surface area contributed by atoms with Gasteiger partial charge in [0.2, 0.25) is 5.75 Å². The zero-order valence-electron chi connectivity index (χ0n) is 16.2. The van der Waals surface area contributed by atoms with Gasteiger partial charge < -0.3 is 10.1 Å². The van der Waals surface area contributed by atoms with Gasteiger partial charge in [-0.15, -0.1) is 0 Å². The molecule has 3 aromatic rings. The van der Waals surface area contributed by atoms with Crippen LogP contribution in [0.3, 0.4) is 0 Å². The molecule has 9 heteroatoms. The van der Waals surface area contributed by atoms with Crippen molar-refractivity contribution in [3.8, 4) is 11.5 Å². The summed E-state index contributed by atoms with van der Waals surface area (Å²) in [5.41, 5.74) is 1.55. The van der Waals surface area contributed by atoms with E-state index in [0.717, 1.165) is 17.9 Å². The van der Waals surface area contributed by atoms with E-state index in [1.807, 2.05) is 13.0 Å². The lowest BCUT2D eigenvalue weighted by atomic mass is 10.1. The van der Waals surface area contributed by atoms with Crippen LogP contribution in [0, 0.1) is 17.0 Å². The maximum atomic E-state index is 12.3. The molecule has 154 valence electrons. The van der Waals surface area contributed by atoms with Gasteiger partial charge in [0, 0.05) is 23.6 Å². The van der Waals surface area contributed by atoms with Gasteiger partial charge in [-0.1, -0.05) is 17.7 Å². The Labute approximate surface area is 173 Å². The number of nitro benzene ring substituents is 1. The molecule has 0 radical (unpaired) electrons. The van der Waals surface area contributed by atoms with Crippen LogP contribution in [0.4, 0.5) is 11.4 Å². The Morgan fingerprint density at radius 3 is 2.33 bits per heavy atom. The van der Waals surface area contributed by atoms with Crippen molar-refractivity contribution < 1.29 is 22.9 Å². The Hall–Kier alpha value is -3.72. The number of sulfone groups is 1. The van der Waals surface area contributed by atoms with Crippen molar-refractivity contribution in [3.63, 3.8) is 0 Å². The van der Waals surface area contributed by atoms with E-state index in [4.69, 9.17) is 4.74 Å². The van der Waals surface area contributed by atoms with Crippen LogP contribution in [0.25, 0.3) is 0 Å². The first-order valence-corrected chi connectivity index (χ1v) is 10.7. The first kappa shape index (κ1) is 21.0. The molecule has 0 aromatic heterocycles. The Balaban J connectivity index is 1.77. The van der Waals surface area contributed by atoms with Crippen LogP contribution < -0.4 is 10.1 Å². The number of carbonyl (C=O) groups excluding carboxylic acids is 1. The highest BCUT2D eigenvalue weighted by molar-refractivity contribution is 7.90. The molecule has 0 aliphatic carbocycles. The molecule has 0 unspecified atom stereocenters. The minimum Gasteiger partial charge on any atom is -0.450 e. The van der Waals surface area contributed by atoms with Gasteiger partial charge in [-0.3, -0.25) is 14.9 Å². The lowest BCUT2D eigenvalue weighted by Crippen LogP contribution is -2.11. The molecule has 8 nitrogen and oxygen atoms in total. The van der Waals surface area contributed by atoms with E-state index in [1.54, 1.807) is 42.5 Å². The molecular weight excluding hydrogens is 408 g/mol. The number of amides is 1. The predicted molar refractivity (Wildman–Crippen MR) is 112 cm³/mol. The molecule has 1 amide bonds. The highest BCUT2D eigenvalue weighted by Gasteiger charge is 2.20. The molecule has 0 spiro atoms. The third kappa shape index (κ3) is 5.00. The van der Waals surface area contributed by atoms with Crippen LogP contribution in [0.1, 0.15) is 15.9 Å². The third-order valence-corrected chi connectivity index (χ3v) is 5.29. The summed E-state index contributed by atoms with van der Waals surface area (Å²) in [5.74, 6) is -0.0675. The van der Waals surface area contributed by atoms with Crippen molar-refractivity contribution in [1.29, 1.82) is 0 Å². The number of ether oxygens (including phenoxy) is 1. The van der Waals surface area contributed by atoms with Crippen LogP contribution in [0.2, 0.25) is 0 Å². The third-order valence-electron chi connectivity index (χ3n) is 4.18. The fourth-order valence-electron chi connectivity index (χ4n) is 2.68. The average Bonchev–Trinajstić information content (AvgIpc) is 2.68. The molecular formula is C21H18N2O6S. The van der Waals surface area contributed by atoms with Crippen molar-refractivity contribution in [3.05, 3.63) is 88.0 Å². The van der Waals surface area contributed by atoms with Gasteiger partial charge in [0.25, 0.3) is 5.91 Å². The molecule has 3 aromatic carbocycles. The lowest BCUT2D eigenvalue weighted by molar-refractivity contribution is -0.385. The second-order valence-electron chi connectivity index (χ2n) is 6.61. The number of aryl methyl sites for hydroxylation is 1. The highest BCUT2D eigenvalue weighted by atomic mass is 32.2. The summed E-state index contributed by atoms with van der Waals surface area (Å²) in [6.07, 6.45) is 0.969. The highest BCUT2D eigenvalue weighted by Crippen LogP contribution is 2.33. The molecule has 30 heavy (non-hydrogen) atoms. The molecule has 0 saturated heterocycles. The molecule has 0 heterocycles. The van der Waals surface area contributed by atoms with E-state index < -0.39 is 20.4 Å². The molecule has 3 rings (SSSR count). The summed E-state index contributed by atoms with van der Waals surface area (Å²) in [7, 11) is -3.59. The summed E-state index contributed by atoms with van der Waals surface area (Å²) in [6.45, 7) is 1.89. The normalized spacial score (nSPS) is 11.0. The van der Waals surface area contributed by atoms with Crippen molar-refractivity contribution in [1.82, 2.24) is 0 Å². The quantitative estimate of drug-likeness (QED) is 0.463. The molecule has 1 N–H and O–H groups in total. The van der Waals surface area contributed by atoms with Crippen molar-refractivity contribution in [2.24, 2.45) is 0 Å². The van der Waals surface area contributed by atoms with Gasteiger partial charge in [0.1, 0.15) is 5.75 Å². The minimum absolute atomic E-state index is 0.0936. The van der Waals surface area contributed by atoms with Crippen molar-refractivity contribution in [2.75, 3.05) is 11.6 Å². The number of nitro groups is 1. The summed E-state index contributed by atoms with van der Waals surface area (Å²) in [5, 5.41) is 14.1. The molecule has 0 fully saturated rings. The Morgan fingerprint density at radius 1 is 1.03 bits per heavy atom. The lowest BCUT2D eigenvalue weighted by Gasteiger charge is -2.09. The largest absolute Gasteiger partial charge is 0.450 e. The SMILES string of the molecule is Cc1cccc(C(=O)Nc2ccc(Oc3ccc(S(C)(=O)=O)cc3[N+](=O)[O-])cc2)c1. The van der Waals surface area contributed by atoms with Crippen LogP contribution in [-0.2, 0) is 9.84 Å². The number of carbonyl (C=O) groups is 1. The maximum Gasteiger partial charge on any atom is 0.312 e. The number of nitrogens with one attached hydrogen (secondary N) is 1. The van der Waals surface area contributed by atoms with Crippen LogP contribution >= 0.6 is 0 Å². The number of nitrogens with zero attached hydrogens (tertiary/aromatic N) is 1. The number of hydrogen-bond acceptors (Lipinski definition) is 6. The molecule has 0 saturated carbocycles. The average molecular weight is 426 g/mol. The van der Waals surface area contributed by atoms with Crippen molar-refractivity contribution >= 4 is 27.1 Å². The van der Waals surface area contributed by atoms with E-state index in [1.165, 1.54) is 12.1 Å². The fourth-order valence-corrected chi connectivity index (χ4v) is 3.32. The van der Waals surface area contributed by atoms with E-state index >= 15 is 0 Å².